The zero-order valence-electron chi connectivity index (χ0n) is 10.6. The average molecular weight is 244 g/mol. The van der Waals surface area contributed by atoms with Gasteiger partial charge in [-0.25, -0.2) is 4.79 Å². The van der Waals surface area contributed by atoms with Crippen LogP contribution in [0.3, 0.4) is 0 Å². The molecule has 1 unspecified atom stereocenters. The lowest BCUT2D eigenvalue weighted by Crippen LogP contribution is -2.40. The van der Waals surface area contributed by atoms with E-state index in [1.54, 1.807) is 6.92 Å². The number of rotatable bonds is 1. The summed E-state index contributed by atoms with van der Waals surface area (Å²) < 4.78 is 0. The molecule has 0 spiro atoms. The molecule has 0 saturated carbocycles. The third-order valence-corrected chi connectivity index (χ3v) is 4.07. The van der Waals surface area contributed by atoms with E-state index in [-0.39, 0.29) is 11.9 Å². The van der Waals surface area contributed by atoms with Crippen LogP contribution in [0.25, 0.3) is 0 Å². The van der Waals surface area contributed by atoms with Crippen LogP contribution >= 0.6 is 0 Å². The van der Waals surface area contributed by atoms with E-state index in [9.17, 15) is 9.59 Å². The standard InChI is InChI=1S/C14H16N2O2/c1-14(12(17)16(2)13(18)15-14)11-7-6-9-4-3-5-10(9)8-11/h6-8H,3-5H2,1-2H3,(H,15,18). The molecule has 4 heteroatoms. The molecule has 3 amide bonds. The Labute approximate surface area is 106 Å². The first-order chi connectivity index (χ1) is 8.52. The Morgan fingerprint density at radius 1 is 1.22 bits per heavy atom. The number of hydrogen-bond acceptors (Lipinski definition) is 2. The van der Waals surface area contributed by atoms with E-state index in [1.165, 1.54) is 24.6 Å². The molecule has 1 saturated heterocycles. The van der Waals surface area contributed by atoms with Crippen LogP contribution in [-0.4, -0.2) is 23.9 Å². The predicted octanol–water partition coefficient (Wildman–Crippen LogP) is 1.57. The van der Waals surface area contributed by atoms with Crippen LogP contribution in [-0.2, 0) is 23.2 Å². The zero-order valence-corrected chi connectivity index (χ0v) is 10.6. The lowest BCUT2D eigenvalue weighted by molar-refractivity contribution is -0.130. The minimum absolute atomic E-state index is 0.189. The number of fused-ring (bicyclic) bond motifs is 1. The van der Waals surface area contributed by atoms with Crippen LogP contribution in [0, 0.1) is 0 Å². The molecule has 1 fully saturated rings. The van der Waals surface area contributed by atoms with Crippen molar-refractivity contribution >= 4 is 11.9 Å². The highest BCUT2D eigenvalue weighted by Gasteiger charge is 2.47. The predicted molar refractivity (Wildman–Crippen MR) is 67.1 cm³/mol. The van der Waals surface area contributed by atoms with Gasteiger partial charge in [0.2, 0.25) is 0 Å². The van der Waals surface area contributed by atoms with Gasteiger partial charge in [-0.1, -0.05) is 18.2 Å². The fourth-order valence-corrected chi connectivity index (χ4v) is 2.86. The third kappa shape index (κ3) is 1.38. The Kier molecular flexibility index (Phi) is 2.24. The molecule has 2 aliphatic rings. The van der Waals surface area contributed by atoms with Crippen molar-refractivity contribution in [3.63, 3.8) is 0 Å². The second-order valence-electron chi connectivity index (χ2n) is 5.26. The molecule has 1 aromatic carbocycles. The molecule has 1 aliphatic heterocycles. The Morgan fingerprint density at radius 2 is 1.94 bits per heavy atom. The largest absolute Gasteiger partial charge is 0.325 e. The van der Waals surface area contributed by atoms with Crippen LogP contribution in [0.5, 0.6) is 0 Å². The molecular formula is C14H16N2O2. The molecule has 0 aromatic heterocycles. The highest BCUT2D eigenvalue weighted by molar-refractivity contribution is 6.06. The number of nitrogens with zero attached hydrogens (tertiary/aromatic N) is 1. The van der Waals surface area contributed by atoms with E-state index in [0.717, 1.165) is 23.3 Å². The summed E-state index contributed by atoms with van der Waals surface area (Å²) in [5, 5.41) is 2.77. The van der Waals surface area contributed by atoms with Crippen molar-refractivity contribution in [1.29, 1.82) is 0 Å². The Bertz CT molecular complexity index is 553. The van der Waals surface area contributed by atoms with Crippen LogP contribution in [0.4, 0.5) is 4.79 Å². The lowest BCUT2D eigenvalue weighted by Gasteiger charge is -2.22. The van der Waals surface area contributed by atoms with Gasteiger partial charge in [-0.05, 0) is 42.9 Å². The van der Waals surface area contributed by atoms with E-state index in [0.29, 0.717) is 0 Å². The van der Waals surface area contributed by atoms with Gasteiger partial charge in [0.25, 0.3) is 5.91 Å². The normalized spacial score (nSPS) is 26.4. The summed E-state index contributed by atoms with van der Waals surface area (Å²) in [6, 6.07) is 5.78. The Hall–Kier alpha value is -1.84. The maximum absolute atomic E-state index is 12.2. The molecule has 3 rings (SSSR count). The van der Waals surface area contributed by atoms with Crippen LogP contribution in [0.1, 0.15) is 30.0 Å². The molecule has 1 N–H and O–H groups in total. The van der Waals surface area contributed by atoms with Crippen molar-refractivity contribution in [1.82, 2.24) is 10.2 Å². The summed E-state index contributed by atoms with van der Waals surface area (Å²) in [4.78, 5) is 24.9. The van der Waals surface area contributed by atoms with E-state index in [4.69, 9.17) is 0 Å². The first-order valence-electron chi connectivity index (χ1n) is 6.25. The molecule has 1 atom stereocenters. The number of carbonyl (C=O) groups is 2. The van der Waals surface area contributed by atoms with Crippen molar-refractivity contribution in [2.75, 3.05) is 7.05 Å². The summed E-state index contributed by atoms with van der Waals surface area (Å²) in [5.74, 6) is -0.189. The zero-order chi connectivity index (χ0) is 12.9. The quantitative estimate of drug-likeness (QED) is 0.762. The second kappa shape index (κ2) is 3.57. The second-order valence-corrected chi connectivity index (χ2v) is 5.26. The maximum Gasteiger partial charge on any atom is 0.325 e. The summed E-state index contributed by atoms with van der Waals surface area (Å²) in [6.07, 6.45) is 3.36. The number of amides is 3. The van der Waals surface area contributed by atoms with E-state index < -0.39 is 5.54 Å². The number of hydrogen-bond donors (Lipinski definition) is 1. The number of nitrogens with one attached hydrogen (secondary N) is 1. The minimum atomic E-state index is -0.913. The first kappa shape index (κ1) is 11.3. The fraction of sp³-hybridized carbons (Fsp3) is 0.429. The molecule has 0 radical (unpaired) electrons. The fourth-order valence-electron chi connectivity index (χ4n) is 2.86. The summed E-state index contributed by atoms with van der Waals surface area (Å²) >= 11 is 0. The van der Waals surface area contributed by atoms with Gasteiger partial charge < -0.3 is 5.32 Å². The smallest absolute Gasteiger partial charge is 0.319 e. The third-order valence-electron chi connectivity index (χ3n) is 4.07. The van der Waals surface area contributed by atoms with Gasteiger partial charge in [0.15, 0.2) is 0 Å². The summed E-state index contributed by atoms with van der Waals surface area (Å²) in [5.41, 5.74) is 2.65. The molecule has 1 aromatic rings. The highest BCUT2D eigenvalue weighted by Crippen LogP contribution is 2.31. The van der Waals surface area contributed by atoms with Crippen LogP contribution < -0.4 is 5.32 Å². The van der Waals surface area contributed by atoms with Crippen molar-refractivity contribution < 1.29 is 9.59 Å². The van der Waals surface area contributed by atoms with Crippen molar-refractivity contribution in [2.45, 2.75) is 31.7 Å². The number of urea groups is 1. The monoisotopic (exact) mass is 244 g/mol. The van der Waals surface area contributed by atoms with Gasteiger partial charge in [-0.2, -0.15) is 0 Å². The molecule has 18 heavy (non-hydrogen) atoms. The molecular weight excluding hydrogens is 228 g/mol. The van der Waals surface area contributed by atoms with Gasteiger partial charge in [0.05, 0.1) is 0 Å². The molecule has 1 heterocycles. The highest BCUT2D eigenvalue weighted by atomic mass is 16.2. The average Bonchev–Trinajstić information content (AvgIpc) is 2.89. The minimum Gasteiger partial charge on any atom is -0.319 e. The summed E-state index contributed by atoms with van der Waals surface area (Å²) in [7, 11) is 1.51. The topological polar surface area (TPSA) is 49.4 Å². The van der Waals surface area contributed by atoms with Crippen LogP contribution in [0.15, 0.2) is 18.2 Å². The van der Waals surface area contributed by atoms with Gasteiger partial charge >= 0.3 is 6.03 Å². The van der Waals surface area contributed by atoms with Crippen molar-refractivity contribution in [3.8, 4) is 0 Å². The Balaban J connectivity index is 2.05. The van der Waals surface area contributed by atoms with Gasteiger partial charge in [0, 0.05) is 7.05 Å². The summed E-state index contributed by atoms with van der Waals surface area (Å²) in [6.45, 7) is 1.77. The lowest BCUT2D eigenvalue weighted by atomic mass is 9.90. The molecule has 1 aliphatic carbocycles. The Morgan fingerprint density at radius 3 is 2.61 bits per heavy atom. The number of carbonyl (C=O) groups excluding carboxylic acids is 2. The van der Waals surface area contributed by atoms with Crippen molar-refractivity contribution in [2.24, 2.45) is 0 Å². The first-order valence-corrected chi connectivity index (χ1v) is 6.25. The maximum atomic E-state index is 12.2. The SMILES string of the molecule is CN1C(=O)NC(C)(c2ccc3c(c2)CCC3)C1=O. The van der Waals surface area contributed by atoms with E-state index in [1.807, 2.05) is 6.07 Å². The number of imide groups is 1. The van der Waals surface area contributed by atoms with Crippen molar-refractivity contribution in [3.05, 3.63) is 34.9 Å². The molecule has 94 valence electrons. The van der Waals surface area contributed by atoms with E-state index >= 15 is 0 Å². The number of benzene rings is 1. The molecule has 4 nitrogen and oxygen atoms in total. The van der Waals surface area contributed by atoms with Gasteiger partial charge in [-0.15, -0.1) is 0 Å². The number of likely N-dealkylation sites (N-methyl/N-ethyl adjacent to an activating group) is 1. The van der Waals surface area contributed by atoms with Gasteiger partial charge in [-0.3, -0.25) is 9.69 Å². The van der Waals surface area contributed by atoms with E-state index in [2.05, 4.69) is 17.4 Å². The number of aryl methyl sites for hydroxylation is 2. The van der Waals surface area contributed by atoms with Crippen LogP contribution in [0.2, 0.25) is 0 Å². The molecule has 0 bridgehead atoms. The van der Waals surface area contributed by atoms with Gasteiger partial charge in [0.1, 0.15) is 5.54 Å².